The normalized spacial score (nSPS) is 17.3. The quantitative estimate of drug-likeness (QED) is 0.755. The van der Waals surface area contributed by atoms with E-state index in [0.29, 0.717) is 19.7 Å². The Hall–Kier alpha value is -2.41. The first-order valence-corrected chi connectivity index (χ1v) is 8.90. The third-order valence-corrected chi connectivity index (χ3v) is 4.18. The molecule has 0 radical (unpaired) electrons. The summed E-state index contributed by atoms with van der Waals surface area (Å²) in [4.78, 5) is 18.5. The molecular formula is C19H23FN2O4. The van der Waals surface area contributed by atoms with Crippen molar-refractivity contribution in [3.8, 4) is 5.75 Å². The molecule has 1 aliphatic heterocycles. The molecule has 0 N–H and O–H groups in total. The predicted molar refractivity (Wildman–Crippen MR) is 92.4 cm³/mol. The van der Waals surface area contributed by atoms with Crippen molar-refractivity contribution in [1.82, 2.24) is 9.88 Å². The van der Waals surface area contributed by atoms with Crippen LogP contribution < -0.4 is 4.74 Å². The molecule has 1 aromatic carbocycles. The van der Waals surface area contributed by atoms with E-state index < -0.39 is 5.82 Å². The summed E-state index contributed by atoms with van der Waals surface area (Å²) in [5, 5.41) is 0. The predicted octanol–water partition coefficient (Wildman–Crippen LogP) is 3.42. The highest BCUT2D eigenvalue weighted by Crippen LogP contribution is 2.19. The Kier molecular flexibility index (Phi) is 6.22. The van der Waals surface area contributed by atoms with E-state index in [-0.39, 0.29) is 36.0 Å². The fourth-order valence-electron chi connectivity index (χ4n) is 2.88. The van der Waals surface area contributed by atoms with E-state index in [1.54, 1.807) is 17.0 Å². The lowest BCUT2D eigenvalue weighted by atomic mass is 10.1. The van der Waals surface area contributed by atoms with Gasteiger partial charge in [-0.05, 0) is 31.4 Å². The molecule has 1 aliphatic rings. The van der Waals surface area contributed by atoms with Gasteiger partial charge in [-0.15, -0.1) is 0 Å². The van der Waals surface area contributed by atoms with Crippen LogP contribution in [0.1, 0.15) is 42.6 Å². The minimum Gasteiger partial charge on any atom is -0.481 e. The summed E-state index contributed by atoms with van der Waals surface area (Å²) in [7, 11) is 0. The Labute approximate surface area is 151 Å². The molecule has 0 aliphatic carbocycles. The maximum absolute atomic E-state index is 13.5. The van der Waals surface area contributed by atoms with Crippen molar-refractivity contribution in [1.29, 1.82) is 0 Å². The number of hydrogen-bond acceptors (Lipinski definition) is 5. The molecule has 1 saturated heterocycles. The van der Waals surface area contributed by atoms with Crippen LogP contribution in [0, 0.1) is 5.82 Å². The van der Waals surface area contributed by atoms with E-state index in [9.17, 15) is 9.18 Å². The summed E-state index contributed by atoms with van der Waals surface area (Å²) in [6.45, 7) is 3.96. The minimum atomic E-state index is -0.457. The van der Waals surface area contributed by atoms with Gasteiger partial charge < -0.3 is 18.8 Å². The zero-order chi connectivity index (χ0) is 18.4. The summed E-state index contributed by atoms with van der Waals surface area (Å²) in [5.74, 6) is -0.296. The lowest BCUT2D eigenvalue weighted by Gasteiger charge is -2.32. The zero-order valence-corrected chi connectivity index (χ0v) is 14.8. The number of benzene rings is 1. The maximum atomic E-state index is 13.5. The first kappa shape index (κ1) is 18.4. The molecule has 1 amide bonds. The second kappa shape index (κ2) is 8.80. The van der Waals surface area contributed by atoms with Crippen molar-refractivity contribution in [2.24, 2.45) is 0 Å². The van der Waals surface area contributed by atoms with Crippen LogP contribution in [0.4, 0.5) is 4.39 Å². The van der Waals surface area contributed by atoms with Crippen molar-refractivity contribution in [2.45, 2.75) is 38.9 Å². The Bertz CT molecular complexity index is 734. The molecule has 1 fully saturated rings. The van der Waals surface area contributed by atoms with Crippen LogP contribution in [0.25, 0.3) is 0 Å². The Morgan fingerprint density at radius 3 is 3.08 bits per heavy atom. The molecule has 0 bridgehead atoms. The summed E-state index contributed by atoms with van der Waals surface area (Å²) in [5.41, 5.74) is 0.230. The third kappa shape index (κ3) is 4.60. The second-order valence-corrected chi connectivity index (χ2v) is 6.23. The number of nitrogens with zero attached hydrogens (tertiary/aromatic N) is 2. The van der Waals surface area contributed by atoms with Crippen molar-refractivity contribution in [2.75, 3.05) is 19.7 Å². The number of carbonyl (C=O) groups is 1. The average Bonchev–Trinajstić information content (AvgIpc) is 3.14. The summed E-state index contributed by atoms with van der Waals surface area (Å²) >= 11 is 0. The molecule has 7 heteroatoms. The zero-order valence-electron chi connectivity index (χ0n) is 14.8. The van der Waals surface area contributed by atoms with E-state index in [1.807, 2.05) is 0 Å². The average molecular weight is 362 g/mol. The highest BCUT2D eigenvalue weighted by Gasteiger charge is 2.26. The first-order valence-electron chi connectivity index (χ1n) is 8.90. The van der Waals surface area contributed by atoms with Crippen LogP contribution in [0.5, 0.6) is 5.75 Å². The van der Waals surface area contributed by atoms with E-state index in [0.717, 1.165) is 19.3 Å². The minimum absolute atomic E-state index is 0.0452. The highest BCUT2D eigenvalue weighted by molar-refractivity contribution is 5.92. The molecule has 0 spiro atoms. The van der Waals surface area contributed by atoms with Gasteiger partial charge >= 0.3 is 0 Å². The van der Waals surface area contributed by atoms with Crippen molar-refractivity contribution in [3.05, 3.63) is 47.9 Å². The molecule has 1 atom stereocenters. The summed E-state index contributed by atoms with van der Waals surface area (Å²) in [6, 6.07) is 6.10. The molecule has 140 valence electrons. The van der Waals surface area contributed by atoms with E-state index in [4.69, 9.17) is 13.9 Å². The van der Waals surface area contributed by atoms with Gasteiger partial charge in [-0.1, -0.05) is 19.1 Å². The van der Waals surface area contributed by atoms with Crippen LogP contribution >= 0.6 is 0 Å². The third-order valence-electron chi connectivity index (χ3n) is 4.18. The number of ether oxygens (including phenoxy) is 2. The molecule has 6 nitrogen and oxygen atoms in total. The second-order valence-electron chi connectivity index (χ2n) is 6.23. The topological polar surface area (TPSA) is 64.8 Å². The number of piperidine rings is 1. The monoisotopic (exact) mass is 362 g/mol. The van der Waals surface area contributed by atoms with Gasteiger partial charge in [0.05, 0.1) is 6.10 Å². The largest absolute Gasteiger partial charge is 0.481 e. The molecule has 26 heavy (non-hydrogen) atoms. The summed E-state index contributed by atoms with van der Waals surface area (Å²) in [6.07, 6.45) is 4.22. The number of likely N-dealkylation sites (tertiary alicyclic amines) is 1. The van der Waals surface area contributed by atoms with E-state index >= 15 is 0 Å². The first-order chi connectivity index (χ1) is 12.7. The number of hydrogen-bond donors (Lipinski definition) is 0. The van der Waals surface area contributed by atoms with Gasteiger partial charge in [0, 0.05) is 19.7 Å². The van der Waals surface area contributed by atoms with Gasteiger partial charge in [0.1, 0.15) is 6.26 Å². The maximum Gasteiger partial charge on any atom is 0.275 e. The molecule has 2 heterocycles. The van der Waals surface area contributed by atoms with Crippen LogP contribution in [0.15, 0.2) is 34.9 Å². The molecule has 0 saturated carbocycles. The van der Waals surface area contributed by atoms with Crippen molar-refractivity contribution < 1.29 is 23.1 Å². The van der Waals surface area contributed by atoms with Gasteiger partial charge in [-0.2, -0.15) is 0 Å². The van der Waals surface area contributed by atoms with Crippen LogP contribution in [-0.4, -0.2) is 41.6 Å². The number of oxazole rings is 1. The van der Waals surface area contributed by atoms with Crippen LogP contribution in [0.3, 0.4) is 0 Å². The number of para-hydroxylation sites is 1. The van der Waals surface area contributed by atoms with Crippen LogP contribution in [-0.2, 0) is 11.3 Å². The number of halogens is 1. The highest BCUT2D eigenvalue weighted by atomic mass is 19.1. The van der Waals surface area contributed by atoms with Crippen molar-refractivity contribution >= 4 is 5.91 Å². The Morgan fingerprint density at radius 1 is 1.42 bits per heavy atom. The summed E-state index contributed by atoms with van der Waals surface area (Å²) < 4.78 is 29.9. The van der Waals surface area contributed by atoms with Gasteiger partial charge in [0.15, 0.2) is 23.9 Å². The fraction of sp³-hybridized carbons (Fsp3) is 0.474. The SMILES string of the molecule is CCCOC1CCCN(C(=O)c2coc(COc3ccccc3F)n2)C1. The molecule has 1 aromatic heterocycles. The Morgan fingerprint density at radius 2 is 2.27 bits per heavy atom. The number of carbonyl (C=O) groups excluding carboxylic acids is 1. The van der Waals surface area contributed by atoms with Crippen LogP contribution in [0.2, 0.25) is 0 Å². The molecule has 2 aromatic rings. The standard InChI is InChI=1S/C19H23FN2O4/c1-2-10-24-14-6-5-9-22(11-14)19(23)16-12-26-18(21-16)13-25-17-8-4-3-7-15(17)20/h3-4,7-8,12,14H,2,5-6,9-11,13H2,1H3. The molecule has 1 unspecified atom stereocenters. The van der Waals surface area contributed by atoms with E-state index in [2.05, 4.69) is 11.9 Å². The van der Waals surface area contributed by atoms with Gasteiger partial charge in [0.2, 0.25) is 5.89 Å². The fourth-order valence-corrected chi connectivity index (χ4v) is 2.88. The number of amides is 1. The molecular weight excluding hydrogens is 339 g/mol. The van der Waals surface area contributed by atoms with E-state index in [1.165, 1.54) is 18.4 Å². The van der Waals surface area contributed by atoms with Crippen molar-refractivity contribution in [3.63, 3.8) is 0 Å². The van der Waals surface area contributed by atoms with Gasteiger partial charge in [-0.3, -0.25) is 4.79 Å². The smallest absolute Gasteiger partial charge is 0.275 e. The number of aromatic nitrogens is 1. The lowest BCUT2D eigenvalue weighted by Crippen LogP contribution is -2.43. The molecule has 3 rings (SSSR count). The Balaban J connectivity index is 1.56. The number of rotatable bonds is 7. The van der Waals surface area contributed by atoms with Gasteiger partial charge in [0.25, 0.3) is 5.91 Å². The van der Waals surface area contributed by atoms with Gasteiger partial charge in [-0.25, -0.2) is 9.37 Å². The lowest BCUT2D eigenvalue weighted by molar-refractivity contribution is 0.00192.